The molecule has 6 nitrogen and oxygen atoms in total. The van der Waals surface area contributed by atoms with Crippen LogP contribution in [0.25, 0.3) is 0 Å². The van der Waals surface area contributed by atoms with Crippen LogP contribution in [0.1, 0.15) is 24.0 Å². The fourth-order valence-electron chi connectivity index (χ4n) is 2.66. The minimum absolute atomic E-state index is 0. The van der Waals surface area contributed by atoms with E-state index in [9.17, 15) is 0 Å². The number of hydrogen-bond acceptors (Lipinski definition) is 4. The molecule has 0 aliphatic heterocycles. The Kier molecular flexibility index (Phi) is 11.9. The Bertz CT molecular complexity index is 751. The number of aryl methyl sites for hydroxylation is 1. The summed E-state index contributed by atoms with van der Waals surface area (Å²) < 4.78 is 16.4. The van der Waals surface area contributed by atoms with Crippen molar-refractivity contribution in [2.75, 3.05) is 34.4 Å². The zero-order valence-electron chi connectivity index (χ0n) is 17.7. The average molecular weight is 513 g/mol. The predicted octanol–water partition coefficient (Wildman–Crippen LogP) is 4.15. The Balaban J connectivity index is 0.00000420. The van der Waals surface area contributed by atoms with Gasteiger partial charge in [-0.15, -0.1) is 24.0 Å². The van der Waals surface area contributed by atoms with Crippen LogP contribution in [-0.2, 0) is 6.54 Å². The third-order valence-electron chi connectivity index (χ3n) is 4.32. The molecular weight excluding hydrogens is 481 g/mol. The van der Waals surface area contributed by atoms with Crippen molar-refractivity contribution in [2.24, 2.45) is 4.99 Å². The van der Waals surface area contributed by atoms with Gasteiger partial charge in [-0.2, -0.15) is 0 Å². The van der Waals surface area contributed by atoms with E-state index < -0.39 is 0 Å². The van der Waals surface area contributed by atoms with Crippen molar-refractivity contribution in [1.29, 1.82) is 0 Å². The van der Waals surface area contributed by atoms with Crippen LogP contribution in [0.4, 0.5) is 0 Å². The van der Waals surface area contributed by atoms with Gasteiger partial charge in [0, 0.05) is 31.8 Å². The second kappa shape index (κ2) is 13.9. The molecule has 0 spiro atoms. The number of guanidine groups is 1. The van der Waals surface area contributed by atoms with E-state index >= 15 is 0 Å². The normalized spacial score (nSPS) is 10.7. The van der Waals surface area contributed by atoms with Crippen LogP contribution in [0.15, 0.2) is 47.5 Å². The van der Waals surface area contributed by atoms with E-state index in [0.717, 1.165) is 48.2 Å². The maximum atomic E-state index is 5.75. The molecule has 2 rings (SSSR count). The molecule has 0 aliphatic carbocycles. The lowest BCUT2D eigenvalue weighted by Gasteiger charge is -2.14. The average Bonchev–Trinajstić information content (AvgIpc) is 2.73. The first-order valence-electron chi connectivity index (χ1n) is 9.51. The zero-order valence-corrected chi connectivity index (χ0v) is 20.0. The Morgan fingerprint density at radius 3 is 2.31 bits per heavy atom. The maximum Gasteiger partial charge on any atom is 0.191 e. The molecule has 2 aromatic carbocycles. The molecular formula is C22H32IN3O3. The SMILES string of the molecule is CN=C(NCCCCOc1ccc(C)cc1)NCc1ccc(OC)cc1OC.I. The molecule has 0 unspecified atom stereocenters. The predicted molar refractivity (Wildman–Crippen MR) is 129 cm³/mol. The minimum atomic E-state index is 0. The summed E-state index contributed by atoms with van der Waals surface area (Å²) in [6.45, 7) is 4.22. The lowest BCUT2D eigenvalue weighted by Crippen LogP contribution is -2.37. The molecule has 0 atom stereocenters. The molecule has 0 saturated carbocycles. The van der Waals surface area contributed by atoms with E-state index in [2.05, 4.69) is 34.7 Å². The largest absolute Gasteiger partial charge is 0.497 e. The number of methoxy groups -OCH3 is 2. The van der Waals surface area contributed by atoms with Crippen LogP contribution in [-0.4, -0.2) is 40.4 Å². The van der Waals surface area contributed by atoms with Crippen molar-refractivity contribution in [3.63, 3.8) is 0 Å². The van der Waals surface area contributed by atoms with Crippen LogP contribution in [0.2, 0.25) is 0 Å². The highest BCUT2D eigenvalue weighted by Gasteiger charge is 2.06. The van der Waals surface area contributed by atoms with Gasteiger partial charge in [-0.3, -0.25) is 4.99 Å². The smallest absolute Gasteiger partial charge is 0.191 e. The first-order valence-corrected chi connectivity index (χ1v) is 9.51. The summed E-state index contributed by atoms with van der Waals surface area (Å²) in [5.74, 6) is 3.24. The van der Waals surface area contributed by atoms with Crippen LogP contribution in [0.3, 0.4) is 0 Å². The van der Waals surface area contributed by atoms with Gasteiger partial charge in [0.25, 0.3) is 0 Å². The number of hydrogen-bond donors (Lipinski definition) is 2. The molecule has 0 heterocycles. The number of unbranched alkanes of at least 4 members (excludes halogenated alkanes) is 1. The molecule has 0 saturated heterocycles. The molecule has 0 radical (unpaired) electrons. The van der Waals surface area contributed by atoms with Gasteiger partial charge in [-0.25, -0.2) is 0 Å². The Labute approximate surface area is 191 Å². The van der Waals surface area contributed by atoms with Crippen molar-refractivity contribution >= 4 is 29.9 Å². The number of aliphatic imine (C=N–C) groups is 1. The van der Waals surface area contributed by atoms with Crippen molar-refractivity contribution < 1.29 is 14.2 Å². The van der Waals surface area contributed by atoms with Crippen molar-refractivity contribution in [1.82, 2.24) is 10.6 Å². The Morgan fingerprint density at radius 1 is 0.931 bits per heavy atom. The molecule has 0 amide bonds. The van der Waals surface area contributed by atoms with Gasteiger partial charge in [0.2, 0.25) is 0 Å². The summed E-state index contributed by atoms with van der Waals surface area (Å²) >= 11 is 0. The van der Waals surface area contributed by atoms with Crippen LogP contribution >= 0.6 is 24.0 Å². The summed E-state index contributed by atoms with van der Waals surface area (Å²) in [5.41, 5.74) is 2.28. The fourth-order valence-corrected chi connectivity index (χ4v) is 2.66. The van der Waals surface area contributed by atoms with Crippen molar-refractivity contribution in [3.8, 4) is 17.2 Å². The Morgan fingerprint density at radius 2 is 1.66 bits per heavy atom. The van der Waals surface area contributed by atoms with E-state index in [1.165, 1.54) is 5.56 Å². The monoisotopic (exact) mass is 513 g/mol. The van der Waals surface area contributed by atoms with E-state index in [-0.39, 0.29) is 24.0 Å². The molecule has 2 aromatic rings. The summed E-state index contributed by atoms with van der Waals surface area (Å²) in [7, 11) is 5.06. The number of halogens is 1. The molecule has 2 N–H and O–H groups in total. The van der Waals surface area contributed by atoms with Crippen molar-refractivity contribution in [3.05, 3.63) is 53.6 Å². The summed E-state index contributed by atoms with van der Waals surface area (Å²) in [6.07, 6.45) is 1.97. The number of nitrogens with one attached hydrogen (secondary N) is 2. The summed E-state index contributed by atoms with van der Waals surface area (Å²) in [5, 5.41) is 6.63. The quantitative estimate of drug-likeness (QED) is 0.216. The highest BCUT2D eigenvalue weighted by molar-refractivity contribution is 14.0. The van der Waals surface area contributed by atoms with Gasteiger partial charge in [-0.1, -0.05) is 17.7 Å². The van der Waals surface area contributed by atoms with E-state index in [1.54, 1.807) is 21.3 Å². The van der Waals surface area contributed by atoms with Crippen LogP contribution in [0.5, 0.6) is 17.2 Å². The molecule has 29 heavy (non-hydrogen) atoms. The number of benzene rings is 2. The number of ether oxygens (including phenoxy) is 3. The minimum Gasteiger partial charge on any atom is -0.497 e. The molecule has 7 heteroatoms. The topological polar surface area (TPSA) is 64.1 Å². The molecule has 0 aliphatic rings. The standard InChI is InChI=1S/C22H31N3O3.HI/c1-17-7-10-19(11-8-17)28-14-6-5-13-24-22(23-2)25-16-18-9-12-20(26-3)15-21(18)27-4;/h7-12,15H,5-6,13-14,16H2,1-4H3,(H2,23,24,25);1H. The van der Waals surface area contributed by atoms with Crippen LogP contribution in [0, 0.1) is 6.92 Å². The molecule has 0 fully saturated rings. The van der Waals surface area contributed by atoms with E-state index in [1.807, 2.05) is 30.3 Å². The summed E-state index contributed by atoms with van der Waals surface area (Å²) in [6, 6.07) is 13.9. The molecule has 0 aromatic heterocycles. The third kappa shape index (κ3) is 8.81. The maximum absolute atomic E-state index is 5.75. The van der Waals surface area contributed by atoms with Crippen molar-refractivity contribution in [2.45, 2.75) is 26.3 Å². The zero-order chi connectivity index (χ0) is 20.2. The van der Waals surface area contributed by atoms with E-state index in [0.29, 0.717) is 13.2 Å². The third-order valence-corrected chi connectivity index (χ3v) is 4.32. The number of nitrogens with zero attached hydrogens (tertiary/aromatic N) is 1. The van der Waals surface area contributed by atoms with Crippen LogP contribution < -0.4 is 24.8 Å². The highest BCUT2D eigenvalue weighted by Crippen LogP contribution is 2.24. The lowest BCUT2D eigenvalue weighted by molar-refractivity contribution is 0.307. The lowest BCUT2D eigenvalue weighted by atomic mass is 10.2. The van der Waals surface area contributed by atoms with Gasteiger partial charge >= 0.3 is 0 Å². The Hall–Kier alpha value is -2.16. The van der Waals surface area contributed by atoms with E-state index in [4.69, 9.17) is 14.2 Å². The summed E-state index contributed by atoms with van der Waals surface area (Å²) in [4.78, 5) is 4.26. The number of rotatable bonds is 10. The van der Waals surface area contributed by atoms with Gasteiger partial charge < -0.3 is 24.8 Å². The first kappa shape index (κ1) is 24.9. The van der Waals surface area contributed by atoms with Gasteiger partial charge in [0.05, 0.1) is 20.8 Å². The highest BCUT2D eigenvalue weighted by atomic mass is 127. The second-order valence-corrected chi connectivity index (χ2v) is 6.40. The van der Waals surface area contributed by atoms with Gasteiger partial charge in [0.15, 0.2) is 5.96 Å². The molecule has 0 bridgehead atoms. The second-order valence-electron chi connectivity index (χ2n) is 6.40. The molecule has 160 valence electrons. The van der Waals surface area contributed by atoms with Gasteiger partial charge in [0.1, 0.15) is 17.2 Å². The van der Waals surface area contributed by atoms with Gasteiger partial charge in [-0.05, 0) is 44.0 Å². The fraction of sp³-hybridized carbons (Fsp3) is 0.409. The first-order chi connectivity index (χ1) is 13.7.